The summed E-state index contributed by atoms with van der Waals surface area (Å²) in [5.41, 5.74) is 2.00. The van der Waals surface area contributed by atoms with E-state index >= 15 is 0 Å². The van der Waals surface area contributed by atoms with Gasteiger partial charge in [0.2, 0.25) is 0 Å². The van der Waals surface area contributed by atoms with E-state index in [1.807, 2.05) is 38.1 Å². The van der Waals surface area contributed by atoms with Gasteiger partial charge in [0.1, 0.15) is 17.3 Å². The molecule has 1 aromatic carbocycles. The molecule has 1 N–H and O–H groups in total. The molecule has 1 atom stereocenters. The van der Waals surface area contributed by atoms with Crippen molar-refractivity contribution in [2.45, 2.75) is 26.5 Å². The molecule has 6 nitrogen and oxygen atoms in total. The van der Waals surface area contributed by atoms with Crippen molar-refractivity contribution in [3.63, 3.8) is 0 Å². The summed E-state index contributed by atoms with van der Waals surface area (Å²) in [4.78, 5) is 0. The van der Waals surface area contributed by atoms with Gasteiger partial charge in [-0.05, 0) is 32.0 Å². The predicted molar refractivity (Wildman–Crippen MR) is 88.9 cm³/mol. The van der Waals surface area contributed by atoms with Crippen LogP contribution in [0.4, 0.5) is 5.82 Å². The van der Waals surface area contributed by atoms with Crippen molar-refractivity contribution in [3.05, 3.63) is 41.6 Å². The Hall–Kier alpha value is -2.34. The van der Waals surface area contributed by atoms with E-state index in [0.29, 0.717) is 19.0 Å². The first kappa shape index (κ1) is 17.0. The molecule has 0 amide bonds. The van der Waals surface area contributed by atoms with Gasteiger partial charge in [0.15, 0.2) is 0 Å². The smallest absolute Gasteiger partial charge is 0.149 e. The van der Waals surface area contributed by atoms with E-state index in [1.165, 1.54) is 0 Å². The lowest BCUT2D eigenvalue weighted by molar-refractivity contribution is 0.0761. The van der Waals surface area contributed by atoms with Crippen molar-refractivity contribution in [1.82, 2.24) is 10.2 Å². The number of nitrogens with one attached hydrogen (secondary N) is 1. The largest absolute Gasteiger partial charge is 0.497 e. The third-order valence-electron chi connectivity index (χ3n) is 3.52. The summed E-state index contributed by atoms with van der Waals surface area (Å²) in [5.74, 6) is 2.23. The highest BCUT2D eigenvalue weighted by Crippen LogP contribution is 2.25. The summed E-state index contributed by atoms with van der Waals surface area (Å²) < 4.78 is 16.2. The monoisotopic (exact) mass is 317 g/mol. The Bertz CT molecular complexity index is 634. The number of benzene rings is 1. The molecule has 0 fully saturated rings. The minimum Gasteiger partial charge on any atom is -0.497 e. The van der Waals surface area contributed by atoms with Crippen LogP contribution in [0.1, 0.15) is 31.1 Å². The first-order chi connectivity index (χ1) is 11.2. The Morgan fingerprint density at radius 1 is 1.17 bits per heavy atom. The van der Waals surface area contributed by atoms with Crippen LogP contribution in [0.15, 0.2) is 30.5 Å². The first-order valence-corrected chi connectivity index (χ1v) is 7.57. The standard InChI is InChI=1S/C17H23N3O3/c1-5-23-12(2)14-8-17(20-19-11-14)18-10-13-6-7-15(21-3)9-16(13)22-4/h6-9,11-12H,5,10H2,1-4H3,(H,18,20). The number of methoxy groups -OCH3 is 2. The Kier molecular flexibility index (Phi) is 6.17. The van der Waals surface area contributed by atoms with E-state index in [0.717, 1.165) is 22.6 Å². The highest BCUT2D eigenvalue weighted by Gasteiger charge is 2.09. The SMILES string of the molecule is CCOC(C)c1cnnc(NCc2ccc(OC)cc2OC)c1. The van der Waals surface area contributed by atoms with Gasteiger partial charge in [0.05, 0.1) is 26.5 Å². The van der Waals surface area contributed by atoms with Crippen molar-refractivity contribution in [1.29, 1.82) is 0 Å². The molecule has 1 aromatic heterocycles. The predicted octanol–water partition coefficient (Wildman–Crippen LogP) is 3.20. The van der Waals surface area contributed by atoms with Crippen molar-refractivity contribution in [3.8, 4) is 11.5 Å². The van der Waals surface area contributed by atoms with E-state index < -0.39 is 0 Å². The van der Waals surface area contributed by atoms with Crippen LogP contribution in [0.25, 0.3) is 0 Å². The minimum absolute atomic E-state index is 0.00780. The quantitative estimate of drug-likeness (QED) is 0.806. The lowest BCUT2D eigenvalue weighted by Crippen LogP contribution is -2.06. The molecule has 0 bridgehead atoms. The lowest BCUT2D eigenvalue weighted by atomic mass is 10.1. The average Bonchev–Trinajstić information content (AvgIpc) is 2.60. The number of hydrogen-bond donors (Lipinski definition) is 1. The van der Waals surface area contributed by atoms with Crippen LogP contribution in [0, 0.1) is 0 Å². The van der Waals surface area contributed by atoms with E-state index in [-0.39, 0.29) is 6.10 Å². The van der Waals surface area contributed by atoms with Gasteiger partial charge in [-0.1, -0.05) is 0 Å². The lowest BCUT2D eigenvalue weighted by Gasteiger charge is -2.14. The molecule has 0 radical (unpaired) electrons. The maximum atomic E-state index is 5.58. The fraction of sp³-hybridized carbons (Fsp3) is 0.412. The van der Waals surface area contributed by atoms with Gasteiger partial charge >= 0.3 is 0 Å². The van der Waals surface area contributed by atoms with Crippen LogP contribution in [0.3, 0.4) is 0 Å². The third-order valence-corrected chi connectivity index (χ3v) is 3.52. The molecule has 0 aliphatic rings. The molecule has 23 heavy (non-hydrogen) atoms. The maximum absolute atomic E-state index is 5.58. The summed E-state index contributed by atoms with van der Waals surface area (Å²) in [6.07, 6.45) is 1.71. The van der Waals surface area contributed by atoms with Crippen LogP contribution in [0.2, 0.25) is 0 Å². The van der Waals surface area contributed by atoms with Crippen molar-refractivity contribution < 1.29 is 14.2 Å². The van der Waals surface area contributed by atoms with Gasteiger partial charge in [0.25, 0.3) is 0 Å². The van der Waals surface area contributed by atoms with Crippen LogP contribution in [-0.2, 0) is 11.3 Å². The fourth-order valence-corrected chi connectivity index (χ4v) is 2.22. The number of anilines is 1. The van der Waals surface area contributed by atoms with Crippen LogP contribution >= 0.6 is 0 Å². The zero-order valence-corrected chi connectivity index (χ0v) is 14.0. The normalized spacial score (nSPS) is 11.8. The van der Waals surface area contributed by atoms with E-state index in [1.54, 1.807) is 20.4 Å². The van der Waals surface area contributed by atoms with Gasteiger partial charge < -0.3 is 19.5 Å². The molecule has 124 valence electrons. The first-order valence-electron chi connectivity index (χ1n) is 7.57. The van der Waals surface area contributed by atoms with Gasteiger partial charge in [-0.25, -0.2) is 0 Å². The molecule has 6 heteroatoms. The number of ether oxygens (including phenoxy) is 3. The highest BCUT2D eigenvalue weighted by atomic mass is 16.5. The molecule has 0 saturated carbocycles. The van der Waals surface area contributed by atoms with Gasteiger partial charge in [-0.3, -0.25) is 0 Å². The Morgan fingerprint density at radius 2 is 2.00 bits per heavy atom. The van der Waals surface area contributed by atoms with Crippen molar-refractivity contribution in [2.24, 2.45) is 0 Å². The number of aromatic nitrogens is 2. The number of rotatable bonds is 8. The molecular weight excluding hydrogens is 294 g/mol. The molecule has 2 aromatic rings. The molecule has 1 unspecified atom stereocenters. The van der Waals surface area contributed by atoms with Crippen molar-refractivity contribution >= 4 is 5.82 Å². The maximum Gasteiger partial charge on any atom is 0.149 e. The molecule has 0 aliphatic carbocycles. The highest BCUT2D eigenvalue weighted by molar-refractivity contribution is 5.44. The van der Waals surface area contributed by atoms with Gasteiger partial charge in [-0.15, -0.1) is 5.10 Å². The Morgan fingerprint density at radius 3 is 2.70 bits per heavy atom. The van der Waals surface area contributed by atoms with E-state index in [4.69, 9.17) is 14.2 Å². The second-order valence-corrected chi connectivity index (χ2v) is 5.00. The zero-order valence-electron chi connectivity index (χ0n) is 14.0. The minimum atomic E-state index is -0.00780. The van der Waals surface area contributed by atoms with Crippen LogP contribution in [0.5, 0.6) is 11.5 Å². The average molecular weight is 317 g/mol. The summed E-state index contributed by atoms with van der Waals surface area (Å²) in [6.45, 7) is 5.21. The van der Waals surface area contributed by atoms with Gasteiger partial charge in [-0.2, -0.15) is 5.10 Å². The van der Waals surface area contributed by atoms with E-state index in [9.17, 15) is 0 Å². The summed E-state index contributed by atoms with van der Waals surface area (Å²) >= 11 is 0. The molecule has 0 saturated heterocycles. The summed E-state index contributed by atoms with van der Waals surface area (Å²) in [6, 6.07) is 7.67. The molecular formula is C17H23N3O3. The molecule has 2 rings (SSSR count). The molecule has 0 aliphatic heterocycles. The van der Waals surface area contributed by atoms with Gasteiger partial charge in [0, 0.05) is 30.3 Å². The fourth-order valence-electron chi connectivity index (χ4n) is 2.22. The Balaban J connectivity index is 2.07. The summed E-state index contributed by atoms with van der Waals surface area (Å²) in [7, 11) is 3.27. The number of nitrogens with zero attached hydrogens (tertiary/aromatic N) is 2. The molecule has 1 heterocycles. The van der Waals surface area contributed by atoms with Crippen molar-refractivity contribution in [2.75, 3.05) is 26.1 Å². The molecule has 0 spiro atoms. The second-order valence-electron chi connectivity index (χ2n) is 5.00. The van der Waals surface area contributed by atoms with Crippen LogP contribution in [-0.4, -0.2) is 31.0 Å². The van der Waals surface area contributed by atoms with Crippen LogP contribution < -0.4 is 14.8 Å². The third kappa shape index (κ3) is 4.56. The number of hydrogen-bond acceptors (Lipinski definition) is 6. The summed E-state index contributed by atoms with van der Waals surface area (Å²) in [5, 5.41) is 11.4. The van der Waals surface area contributed by atoms with E-state index in [2.05, 4.69) is 15.5 Å². The second kappa shape index (κ2) is 8.33. The topological polar surface area (TPSA) is 65.5 Å². The zero-order chi connectivity index (χ0) is 16.7. The Labute approximate surface area is 136 Å².